The molecule has 1 aliphatic heterocycles. The van der Waals surface area contributed by atoms with Crippen LogP contribution in [0.5, 0.6) is 0 Å². The third-order valence-electron chi connectivity index (χ3n) is 4.65. The number of anilines is 3. The van der Waals surface area contributed by atoms with Crippen LogP contribution in [-0.2, 0) is 7.05 Å². The third kappa shape index (κ3) is 3.67. The van der Waals surface area contributed by atoms with Gasteiger partial charge in [0.15, 0.2) is 0 Å². The summed E-state index contributed by atoms with van der Waals surface area (Å²) in [6.45, 7) is 4.36. The first-order chi connectivity index (χ1) is 12.7. The van der Waals surface area contributed by atoms with Gasteiger partial charge in [0.05, 0.1) is 17.6 Å². The van der Waals surface area contributed by atoms with Crippen LogP contribution in [0.1, 0.15) is 0 Å². The minimum Gasteiger partial charge on any atom is -0.369 e. The molecule has 3 aromatic rings. The summed E-state index contributed by atoms with van der Waals surface area (Å²) >= 11 is 0. The van der Waals surface area contributed by atoms with Crippen molar-refractivity contribution >= 4 is 17.3 Å². The van der Waals surface area contributed by atoms with Crippen LogP contribution in [0, 0.1) is 0 Å². The molecule has 134 valence electrons. The second-order valence-corrected chi connectivity index (χ2v) is 6.63. The van der Waals surface area contributed by atoms with Crippen LogP contribution in [0.4, 0.5) is 17.3 Å². The minimum atomic E-state index is 0.568. The fourth-order valence-corrected chi connectivity index (χ4v) is 3.10. The maximum Gasteiger partial charge on any atom is 0.227 e. The van der Waals surface area contributed by atoms with Crippen molar-refractivity contribution in [3.05, 3.63) is 48.9 Å². The predicted octanol–water partition coefficient (Wildman–Crippen LogP) is 2.37. The number of hydrogen-bond acceptors (Lipinski definition) is 6. The average Bonchev–Trinajstić information content (AvgIpc) is 3.07. The van der Waals surface area contributed by atoms with Crippen molar-refractivity contribution in [2.75, 3.05) is 43.4 Å². The summed E-state index contributed by atoms with van der Waals surface area (Å²) in [4.78, 5) is 13.7. The molecule has 0 spiro atoms. The first-order valence-corrected chi connectivity index (χ1v) is 8.80. The summed E-state index contributed by atoms with van der Waals surface area (Å²) in [6, 6.07) is 10.5. The van der Waals surface area contributed by atoms with Crippen molar-refractivity contribution in [2.24, 2.45) is 7.05 Å². The Morgan fingerprint density at radius 3 is 2.42 bits per heavy atom. The van der Waals surface area contributed by atoms with E-state index < -0.39 is 0 Å². The van der Waals surface area contributed by atoms with Crippen LogP contribution < -0.4 is 10.2 Å². The normalized spacial score (nSPS) is 15.2. The number of nitrogens with zero attached hydrogens (tertiary/aromatic N) is 6. The number of aryl methyl sites for hydroxylation is 1. The smallest absolute Gasteiger partial charge is 0.227 e. The maximum atomic E-state index is 4.62. The molecule has 1 N–H and O–H groups in total. The van der Waals surface area contributed by atoms with E-state index in [4.69, 9.17) is 0 Å². The van der Waals surface area contributed by atoms with Crippen molar-refractivity contribution in [1.82, 2.24) is 24.6 Å². The molecule has 1 aliphatic rings. The van der Waals surface area contributed by atoms with E-state index in [-0.39, 0.29) is 0 Å². The van der Waals surface area contributed by atoms with Gasteiger partial charge in [-0.2, -0.15) is 5.10 Å². The Bertz CT molecular complexity index is 864. The lowest BCUT2D eigenvalue weighted by molar-refractivity contribution is 0.313. The van der Waals surface area contributed by atoms with Crippen molar-refractivity contribution in [2.45, 2.75) is 0 Å². The SMILES string of the molecule is CN1CCN(c2ccc(-c3ccnc(Nc4cnn(C)c4)n3)cc2)CC1. The fourth-order valence-electron chi connectivity index (χ4n) is 3.10. The highest BCUT2D eigenvalue weighted by molar-refractivity contribution is 5.64. The Morgan fingerprint density at radius 1 is 0.962 bits per heavy atom. The number of hydrogen-bond donors (Lipinski definition) is 1. The molecule has 4 rings (SSSR count). The van der Waals surface area contributed by atoms with E-state index in [0.29, 0.717) is 5.95 Å². The lowest BCUT2D eigenvalue weighted by atomic mass is 10.1. The Morgan fingerprint density at radius 2 is 1.73 bits per heavy atom. The van der Waals surface area contributed by atoms with Crippen LogP contribution in [-0.4, -0.2) is 57.9 Å². The molecule has 0 amide bonds. The third-order valence-corrected chi connectivity index (χ3v) is 4.65. The average molecular weight is 349 g/mol. The topological polar surface area (TPSA) is 62.1 Å². The molecule has 2 aromatic heterocycles. The summed E-state index contributed by atoms with van der Waals surface area (Å²) in [6.07, 6.45) is 5.41. The Balaban J connectivity index is 1.49. The standard InChI is InChI=1S/C19H23N7/c1-24-9-11-26(12-10-24)17-5-3-15(4-6-17)18-7-8-20-19(23-18)22-16-13-21-25(2)14-16/h3-8,13-14H,9-12H2,1-2H3,(H,20,22,23). The molecule has 7 nitrogen and oxygen atoms in total. The van der Waals surface area contributed by atoms with E-state index in [1.807, 2.05) is 19.3 Å². The molecule has 0 radical (unpaired) electrons. The van der Waals surface area contributed by atoms with E-state index >= 15 is 0 Å². The van der Waals surface area contributed by atoms with E-state index in [2.05, 4.69) is 61.5 Å². The molecule has 0 saturated carbocycles. The zero-order valence-corrected chi connectivity index (χ0v) is 15.1. The van der Waals surface area contributed by atoms with Crippen molar-refractivity contribution < 1.29 is 0 Å². The van der Waals surface area contributed by atoms with Gasteiger partial charge in [0.1, 0.15) is 0 Å². The van der Waals surface area contributed by atoms with Gasteiger partial charge in [0.25, 0.3) is 0 Å². The van der Waals surface area contributed by atoms with Gasteiger partial charge >= 0.3 is 0 Å². The van der Waals surface area contributed by atoms with Gasteiger partial charge in [-0.1, -0.05) is 12.1 Å². The number of benzene rings is 1. The first kappa shape index (κ1) is 16.5. The van der Waals surface area contributed by atoms with Crippen LogP contribution in [0.3, 0.4) is 0 Å². The lowest BCUT2D eigenvalue weighted by Gasteiger charge is -2.34. The van der Waals surface area contributed by atoms with Crippen LogP contribution in [0.2, 0.25) is 0 Å². The summed E-state index contributed by atoms with van der Waals surface area (Å²) in [5.41, 5.74) is 4.12. The molecule has 7 heteroatoms. The highest BCUT2D eigenvalue weighted by Gasteiger charge is 2.14. The Labute approximate surface area is 153 Å². The van der Waals surface area contributed by atoms with Crippen molar-refractivity contribution in [1.29, 1.82) is 0 Å². The molecular weight excluding hydrogens is 326 g/mol. The summed E-state index contributed by atoms with van der Waals surface area (Å²) in [7, 11) is 4.05. The summed E-state index contributed by atoms with van der Waals surface area (Å²) < 4.78 is 1.74. The van der Waals surface area contributed by atoms with Gasteiger partial charge < -0.3 is 15.1 Å². The molecule has 3 heterocycles. The van der Waals surface area contributed by atoms with Gasteiger partial charge in [-0.05, 0) is 25.2 Å². The highest BCUT2D eigenvalue weighted by atomic mass is 15.3. The molecule has 0 atom stereocenters. The van der Waals surface area contributed by atoms with E-state index in [1.165, 1.54) is 5.69 Å². The van der Waals surface area contributed by atoms with Crippen LogP contribution in [0.25, 0.3) is 11.3 Å². The predicted molar refractivity (Wildman–Crippen MR) is 104 cm³/mol. The largest absolute Gasteiger partial charge is 0.369 e. The quantitative estimate of drug-likeness (QED) is 0.780. The zero-order valence-electron chi connectivity index (χ0n) is 15.1. The maximum absolute atomic E-state index is 4.62. The molecule has 0 aliphatic carbocycles. The van der Waals surface area contributed by atoms with Crippen LogP contribution in [0.15, 0.2) is 48.9 Å². The fraction of sp³-hybridized carbons (Fsp3) is 0.316. The summed E-state index contributed by atoms with van der Waals surface area (Å²) in [5.74, 6) is 0.568. The number of nitrogens with one attached hydrogen (secondary N) is 1. The van der Waals surface area contributed by atoms with Gasteiger partial charge in [-0.15, -0.1) is 0 Å². The first-order valence-electron chi connectivity index (χ1n) is 8.80. The van der Waals surface area contributed by atoms with Gasteiger partial charge in [0, 0.05) is 56.9 Å². The molecule has 1 saturated heterocycles. The monoisotopic (exact) mass is 349 g/mol. The number of piperazine rings is 1. The van der Waals surface area contributed by atoms with Crippen molar-refractivity contribution in [3.8, 4) is 11.3 Å². The van der Waals surface area contributed by atoms with Gasteiger partial charge in [0.2, 0.25) is 5.95 Å². The zero-order chi connectivity index (χ0) is 17.9. The Hall–Kier alpha value is -2.93. The number of aromatic nitrogens is 4. The highest BCUT2D eigenvalue weighted by Crippen LogP contribution is 2.23. The summed E-state index contributed by atoms with van der Waals surface area (Å²) in [5, 5.41) is 7.33. The Kier molecular flexibility index (Phi) is 4.53. The van der Waals surface area contributed by atoms with Crippen LogP contribution >= 0.6 is 0 Å². The van der Waals surface area contributed by atoms with E-state index in [0.717, 1.165) is 43.1 Å². The minimum absolute atomic E-state index is 0.568. The second-order valence-electron chi connectivity index (χ2n) is 6.63. The molecule has 1 aromatic carbocycles. The number of rotatable bonds is 4. The van der Waals surface area contributed by atoms with E-state index in [1.54, 1.807) is 17.1 Å². The molecule has 0 bridgehead atoms. The molecular formula is C19H23N7. The van der Waals surface area contributed by atoms with Gasteiger partial charge in [-0.25, -0.2) is 9.97 Å². The second kappa shape index (κ2) is 7.13. The lowest BCUT2D eigenvalue weighted by Crippen LogP contribution is -2.44. The number of likely N-dealkylation sites (N-methyl/N-ethyl adjacent to an activating group) is 1. The molecule has 1 fully saturated rings. The van der Waals surface area contributed by atoms with Crippen molar-refractivity contribution in [3.63, 3.8) is 0 Å². The van der Waals surface area contributed by atoms with Gasteiger partial charge in [-0.3, -0.25) is 4.68 Å². The molecule has 26 heavy (non-hydrogen) atoms. The molecule has 0 unspecified atom stereocenters. The van der Waals surface area contributed by atoms with E-state index in [9.17, 15) is 0 Å².